The molecule has 0 unspecified atom stereocenters. The van der Waals surface area contributed by atoms with Gasteiger partial charge in [0.15, 0.2) is 0 Å². The van der Waals surface area contributed by atoms with E-state index in [4.69, 9.17) is 0 Å². The zero-order valence-electron chi connectivity index (χ0n) is 13.1. The van der Waals surface area contributed by atoms with Crippen LogP contribution in [0.5, 0.6) is 0 Å². The molecule has 0 aromatic carbocycles. The maximum Gasteiger partial charge on any atom is 0.230 e. The number of carbonyl (C=O) groups is 1. The molecule has 118 valence electrons. The van der Waals surface area contributed by atoms with Crippen molar-refractivity contribution in [3.63, 3.8) is 0 Å². The number of aryl methyl sites for hydroxylation is 3. The minimum atomic E-state index is 0.0837. The van der Waals surface area contributed by atoms with Crippen LogP contribution in [0.1, 0.15) is 42.5 Å². The van der Waals surface area contributed by atoms with Gasteiger partial charge in [-0.2, -0.15) is 0 Å². The highest BCUT2D eigenvalue weighted by Crippen LogP contribution is 2.39. The molecule has 6 heteroatoms. The van der Waals surface area contributed by atoms with Crippen LogP contribution >= 0.6 is 23.1 Å². The van der Waals surface area contributed by atoms with Crippen LogP contribution in [-0.4, -0.2) is 28.2 Å². The lowest BCUT2D eigenvalue weighted by molar-refractivity contribution is -0.118. The molecule has 3 rings (SSSR count). The second-order valence-electron chi connectivity index (χ2n) is 5.61. The molecule has 1 N–H and O–H groups in total. The first-order valence-corrected chi connectivity index (χ1v) is 9.67. The molecule has 2 aromatic rings. The summed E-state index contributed by atoms with van der Waals surface area (Å²) in [4.78, 5) is 23.6. The maximum atomic E-state index is 11.9. The molecule has 1 amide bonds. The minimum Gasteiger partial charge on any atom is -0.355 e. The highest BCUT2D eigenvalue weighted by Gasteiger charge is 2.21. The molecule has 0 atom stereocenters. The maximum absolute atomic E-state index is 11.9. The SMILES string of the molecule is CCCNC(=O)CSc1nc(C)nc2sc3c(c12)CCCC3. The quantitative estimate of drug-likeness (QED) is 0.671. The van der Waals surface area contributed by atoms with Crippen LogP contribution in [0, 0.1) is 6.92 Å². The number of nitrogens with zero attached hydrogens (tertiary/aromatic N) is 2. The largest absolute Gasteiger partial charge is 0.355 e. The summed E-state index contributed by atoms with van der Waals surface area (Å²) in [5.41, 5.74) is 1.43. The first-order chi connectivity index (χ1) is 10.7. The second kappa shape index (κ2) is 6.96. The Labute approximate surface area is 139 Å². The third kappa shape index (κ3) is 3.27. The average Bonchev–Trinajstić information content (AvgIpc) is 2.88. The fourth-order valence-electron chi connectivity index (χ4n) is 2.78. The molecule has 0 saturated heterocycles. The topological polar surface area (TPSA) is 54.9 Å². The van der Waals surface area contributed by atoms with Crippen molar-refractivity contribution >= 4 is 39.2 Å². The van der Waals surface area contributed by atoms with Crippen molar-refractivity contribution < 1.29 is 4.79 Å². The van der Waals surface area contributed by atoms with Gasteiger partial charge >= 0.3 is 0 Å². The van der Waals surface area contributed by atoms with Gasteiger partial charge in [-0.15, -0.1) is 11.3 Å². The molecule has 0 aliphatic heterocycles. The molecular weight excluding hydrogens is 314 g/mol. The minimum absolute atomic E-state index is 0.0837. The molecule has 1 aliphatic carbocycles. The van der Waals surface area contributed by atoms with Gasteiger partial charge in [0.2, 0.25) is 5.91 Å². The first kappa shape index (κ1) is 15.7. The number of hydrogen-bond acceptors (Lipinski definition) is 5. The van der Waals surface area contributed by atoms with Crippen LogP contribution in [0.15, 0.2) is 5.03 Å². The van der Waals surface area contributed by atoms with Gasteiger partial charge in [-0.3, -0.25) is 4.79 Å². The molecule has 0 radical (unpaired) electrons. The molecular formula is C16H21N3OS2. The Bertz CT molecular complexity index is 696. The Morgan fingerprint density at radius 3 is 2.95 bits per heavy atom. The van der Waals surface area contributed by atoms with Crippen molar-refractivity contribution in [2.24, 2.45) is 0 Å². The molecule has 4 nitrogen and oxygen atoms in total. The predicted octanol–water partition coefficient (Wildman–Crippen LogP) is 3.50. The number of nitrogens with one attached hydrogen (secondary N) is 1. The summed E-state index contributed by atoms with van der Waals surface area (Å²) in [5.74, 6) is 1.30. The molecule has 1 aliphatic rings. The molecule has 2 aromatic heterocycles. The monoisotopic (exact) mass is 335 g/mol. The lowest BCUT2D eigenvalue weighted by atomic mass is 9.97. The van der Waals surface area contributed by atoms with Gasteiger partial charge in [0.25, 0.3) is 0 Å². The zero-order valence-corrected chi connectivity index (χ0v) is 14.7. The van der Waals surface area contributed by atoms with E-state index in [0.29, 0.717) is 5.75 Å². The van der Waals surface area contributed by atoms with Gasteiger partial charge in [0.1, 0.15) is 15.7 Å². The second-order valence-corrected chi connectivity index (χ2v) is 7.65. The van der Waals surface area contributed by atoms with E-state index in [1.165, 1.54) is 28.7 Å². The Morgan fingerprint density at radius 2 is 2.14 bits per heavy atom. The summed E-state index contributed by atoms with van der Waals surface area (Å²) in [6, 6.07) is 0. The van der Waals surface area contributed by atoms with E-state index >= 15 is 0 Å². The summed E-state index contributed by atoms with van der Waals surface area (Å²) >= 11 is 3.35. The third-order valence-corrected chi connectivity index (χ3v) is 5.97. The summed E-state index contributed by atoms with van der Waals surface area (Å²) in [7, 11) is 0. The number of carbonyl (C=O) groups excluding carboxylic acids is 1. The highest BCUT2D eigenvalue weighted by atomic mass is 32.2. The van der Waals surface area contributed by atoms with Crippen LogP contribution in [0.25, 0.3) is 10.2 Å². The molecule has 2 heterocycles. The summed E-state index contributed by atoms with van der Waals surface area (Å²) in [6.07, 6.45) is 5.76. The van der Waals surface area contributed by atoms with Crippen LogP contribution in [0.2, 0.25) is 0 Å². The van der Waals surface area contributed by atoms with Gasteiger partial charge in [-0.25, -0.2) is 9.97 Å². The third-order valence-electron chi connectivity index (χ3n) is 3.81. The Kier molecular flexibility index (Phi) is 4.98. The Balaban J connectivity index is 1.88. The fourth-order valence-corrected chi connectivity index (χ4v) is 5.08. The van der Waals surface area contributed by atoms with Crippen LogP contribution in [0.3, 0.4) is 0 Å². The van der Waals surface area contributed by atoms with E-state index in [0.717, 1.165) is 41.5 Å². The van der Waals surface area contributed by atoms with Crippen LogP contribution in [0.4, 0.5) is 0 Å². The van der Waals surface area contributed by atoms with Gasteiger partial charge in [-0.1, -0.05) is 18.7 Å². The molecule has 22 heavy (non-hydrogen) atoms. The van der Waals surface area contributed by atoms with Crippen molar-refractivity contribution in [3.8, 4) is 0 Å². The normalized spacial score (nSPS) is 14.1. The van der Waals surface area contributed by atoms with Crippen molar-refractivity contribution in [3.05, 3.63) is 16.3 Å². The number of aromatic nitrogens is 2. The molecule has 0 fully saturated rings. The summed E-state index contributed by atoms with van der Waals surface area (Å²) < 4.78 is 0. The lowest BCUT2D eigenvalue weighted by Gasteiger charge is -2.11. The van der Waals surface area contributed by atoms with E-state index < -0.39 is 0 Å². The van der Waals surface area contributed by atoms with Crippen LogP contribution < -0.4 is 5.32 Å². The smallest absolute Gasteiger partial charge is 0.230 e. The highest BCUT2D eigenvalue weighted by molar-refractivity contribution is 8.00. The number of rotatable bonds is 5. The lowest BCUT2D eigenvalue weighted by Crippen LogP contribution is -2.25. The standard InChI is InChI=1S/C16H21N3OS2/c1-3-8-17-13(20)9-21-15-14-11-6-4-5-7-12(11)22-16(14)19-10(2)18-15/h3-9H2,1-2H3,(H,17,20). The fraction of sp³-hybridized carbons (Fsp3) is 0.562. The van der Waals surface area contributed by atoms with Gasteiger partial charge in [0, 0.05) is 16.8 Å². The number of thiophene rings is 1. The summed E-state index contributed by atoms with van der Waals surface area (Å²) in [5, 5.41) is 5.11. The Hall–Kier alpha value is -1.14. The molecule has 0 saturated carbocycles. The van der Waals surface area contributed by atoms with Crippen molar-refractivity contribution in [2.45, 2.75) is 51.0 Å². The number of fused-ring (bicyclic) bond motifs is 3. The Morgan fingerprint density at radius 1 is 1.32 bits per heavy atom. The predicted molar refractivity (Wildman–Crippen MR) is 92.8 cm³/mol. The van der Waals surface area contributed by atoms with E-state index in [1.54, 1.807) is 11.8 Å². The van der Waals surface area contributed by atoms with Crippen molar-refractivity contribution in [1.82, 2.24) is 15.3 Å². The summed E-state index contributed by atoms with van der Waals surface area (Å²) in [6.45, 7) is 4.73. The van der Waals surface area contributed by atoms with Crippen molar-refractivity contribution in [1.29, 1.82) is 0 Å². The van der Waals surface area contributed by atoms with Gasteiger partial charge in [0.05, 0.1) is 5.75 Å². The van der Waals surface area contributed by atoms with E-state index in [9.17, 15) is 4.79 Å². The first-order valence-electron chi connectivity index (χ1n) is 7.87. The van der Waals surface area contributed by atoms with E-state index in [-0.39, 0.29) is 5.91 Å². The van der Waals surface area contributed by atoms with E-state index in [1.807, 2.05) is 18.3 Å². The average molecular weight is 335 g/mol. The van der Waals surface area contributed by atoms with E-state index in [2.05, 4.69) is 22.2 Å². The molecule has 0 bridgehead atoms. The van der Waals surface area contributed by atoms with Gasteiger partial charge < -0.3 is 5.32 Å². The number of thioether (sulfide) groups is 1. The number of amides is 1. The number of hydrogen-bond donors (Lipinski definition) is 1. The van der Waals surface area contributed by atoms with Gasteiger partial charge in [-0.05, 0) is 44.6 Å². The van der Waals surface area contributed by atoms with Crippen LogP contribution in [-0.2, 0) is 17.6 Å². The van der Waals surface area contributed by atoms with Crippen molar-refractivity contribution in [2.75, 3.05) is 12.3 Å². The zero-order chi connectivity index (χ0) is 15.5. The molecule has 0 spiro atoms.